The Morgan fingerprint density at radius 1 is 1.37 bits per heavy atom. The van der Waals surface area contributed by atoms with Gasteiger partial charge in [-0.1, -0.05) is 0 Å². The van der Waals surface area contributed by atoms with E-state index in [9.17, 15) is 18.0 Å². The highest BCUT2D eigenvalue weighted by atomic mass is 19.4. The van der Waals surface area contributed by atoms with Gasteiger partial charge in [0.2, 0.25) is 5.91 Å². The Labute approximate surface area is 109 Å². The van der Waals surface area contributed by atoms with Crippen LogP contribution in [0.2, 0.25) is 0 Å². The first kappa shape index (κ1) is 15.3. The summed E-state index contributed by atoms with van der Waals surface area (Å²) < 4.78 is 37.4. The van der Waals surface area contributed by atoms with Gasteiger partial charge in [-0.25, -0.2) is 4.98 Å². The molecule has 1 aromatic rings. The molecule has 7 heteroatoms. The Hall–Kier alpha value is -1.79. The third kappa shape index (κ3) is 4.42. The van der Waals surface area contributed by atoms with E-state index in [2.05, 4.69) is 10.3 Å². The molecular weight excluding hydrogens is 259 g/mol. The molecule has 19 heavy (non-hydrogen) atoms. The second-order valence-electron chi connectivity index (χ2n) is 3.85. The zero-order chi connectivity index (χ0) is 14.5. The first-order chi connectivity index (χ1) is 8.88. The number of likely N-dealkylation sites (N-methyl/N-ethyl adjacent to an activating group) is 1. The van der Waals surface area contributed by atoms with Gasteiger partial charge >= 0.3 is 6.18 Å². The van der Waals surface area contributed by atoms with E-state index >= 15 is 0 Å². The molecule has 0 aromatic carbocycles. The monoisotopic (exact) mass is 275 g/mol. The highest BCUT2D eigenvalue weighted by Crippen LogP contribution is 2.29. The molecule has 0 unspecified atom stereocenters. The Kier molecular flexibility index (Phi) is 5.14. The van der Waals surface area contributed by atoms with Gasteiger partial charge in [0.05, 0.1) is 12.1 Å². The fourth-order valence-electron chi connectivity index (χ4n) is 1.56. The summed E-state index contributed by atoms with van der Waals surface area (Å²) in [6.07, 6.45) is -3.35. The van der Waals surface area contributed by atoms with Gasteiger partial charge in [0.1, 0.15) is 5.82 Å². The smallest absolute Gasteiger partial charge is 0.361 e. The lowest BCUT2D eigenvalue weighted by molar-refractivity contribution is -0.137. The largest absolute Gasteiger partial charge is 0.416 e. The summed E-state index contributed by atoms with van der Waals surface area (Å²) in [5.74, 6) is -0.139. The molecule has 0 saturated carbocycles. The summed E-state index contributed by atoms with van der Waals surface area (Å²) in [5.41, 5.74) is -0.791. The number of amides is 1. The van der Waals surface area contributed by atoms with Crippen LogP contribution in [0.5, 0.6) is 0 Å². The average Bonchev–Trinajstić information content (AvgIpc) is 2.37. The van der Waals surface area contributed by atoms with Crippen LogP contribution in [-0.2, 0) is 11.0 Å². The number of anilines is 1. The van der Waals surface area contributed by atoms with Crippen LogP contribution < -0.4 is 5.32 Å². The molecule has 0 fully saturated rings. The van der Waals surface area contributed by atoms with Gasteiger partial charge in [-0.2, -0.15) is 13.2 Å². The van der Waals surface area contributed by atoms with E-state index in [1.165, 1.54) is 0 Å². The minimum absolute atomic E-state index is 0.0373. The van der Waals surface area contributed by atoms with Crippen molar-refractivity contribution in [2.75, 3.05) is 25.0 Å². The number of nitrogens with one attached hydrogen (secondary N) is 1. The molecule has 0 atom stereocenters. The lowest BCUT2D eigenvalue weighted by atomic mass is 10.2. The van der Waals surface area contributed by atoms with E-state index < -0.39 is 11.7 Å². The molecule has 0 bridgehead atoms. The van der Waals surface area contributed by atoms with Crippen molar-refractivity contribution >= 4 is 11.7 Å². The molecule has 0 saturated heterocycles. The van der Waals surface area contributed by atoms with Crippen LogP contribution in [0, 0.1) is 0 Å². The molecule has 0 spiro atoms. The van der Waals surface area contributed by atoms with E-state index in [0.717, 1.165) is 18.3 Å². The van der Waals surface area contributed by atoms with Crippen LogP contribution in [0.15, 0.2) is 18.3 Å². The molecule has 1 amide bonds. The molecular formula is C12H16F3N3O. The minimum Gasteiger partial charge on any atom is -0.361 e. The molecule has 106 valence electrons. The van der Waals surface area contributed by atoms with Crippen LogP contribution >= 0.6 is 0 Å². The van der Waals surface area contributed by atoms with Gasteiger partial charge in [-0.15, -0.1) is 0 Å². The van der Waals surface area contributed by atoms with Gasteiger partial charge in [0.25, 0.3) is 0 Å². The lowest BCUT2D eigenvalue weighted by Gasteiger charge is -2.19. The van der Waals surface area contributed by atoms with Gasteiger partial charge < -0.3 is 10.2 Å². The van der Waals surface area contributed by atoms with Crippen molar-refractivity contribution in [3.63, 3.8) is 0 Å². The van der Waals surface area contributed by atoms with E-state index in [1.54, 1.807) is 4.90 Å². The van der Waals surface area contributed by atoms with Crippen LogP contribution in [-0.4, -0.2) is 35.4 Å². The van der Waals surface area contributed by atoms with Crippen LogP contribution in [0.1, 0.15) is 19.4 Å². The average molecular weight is 275 g/mol. The van der Waals surface area contributed by atoms with Crippen molar-refractivity contribution in [1.82, 2.24) is 9.88 Å². The third-order valence-electron chi connectivity index (χ3n) is 2.62. The second kappa shape index (κ2) is 6.40. The summed E-state index contributed by atoms with van der Waals surface area (Å²) >= 11 is 0. The van der Waals surface area contributed by atoms with Crippen molar-refractivity contribution in [2.24, 2.45) is 0 Å². The van der Waals surface area contributed by atoms with Gasteiger partial charge in [-0.3, -0.25) is 4.79 Å². The molecule has 0 radical (unpaired) electrons. The highest BCUT2D eigenvalue weighted by Gasteiger charge is 2.30. The maximum Gasteiger partial charge on any atom is 0.416 e. The zero-order valence-electron chi connectivity index (χ0n) is 10.8. The first-order valence-corrected chi connectivity index (χ1v) is 5.93. The number of pyridine rings is 1. The van der Waals surface area contributed by atoms with Crippen molar-refractivity contribution in [3.05, 3.63) is 23.9 Å². The fourth-order valence-corrected chi connectivity index (χ4v) is 1.56. The second-order valence-corrected chi connectivity index (χ2v) is 3.85. The molecule has 1 rings (SSSR count). The maximum atomic E-state index is 12.5. The van der Waals surface area contributed by atoms with E-state index in [0.29, 0.717) is 13.1 Å². The Bertz CT molecular complexity index is 430. The van der Waals surface area contributed by atoms with Gasteiger partial charge in [-0.05, 0) is 26.0 Å². The summed E-state index contributed by atoms with van der Waals surface area (Å²) in [4.78, 5) is 17.0. The molecule has 0 aliphatic heterocycles. The summed E-state index contributed by atoms with van der Waals surface area (Å²) in [5, 5.41) is 2.60. The fraction of sp³-hybridized carbons (Fsp3) is 0.500. The van der Waals surface area contributed by atoms with Gasteiger partial charge in [0.15, 0.2) is 0 Å². The Balaban J connectivity index is 2.66. The molecule has 1 aromatic heterocycles. The summed E-state index contributed by atoms with van der Waals surface area (Å²) in [6.45, 7) is 4.73. The molecule has 0 aliphatic rings. The van der Waals surface area contributed by atoms with Crippen LogP contribution in [0.25, 0.3) is 0 Å². The number of hydrogen-bond donors (Lipinski definition) is 1. The van der Waals surface area contributed by atoms with Crippen molar-refractivity contribution in [2.45, 2.75) is 20.0 Å². The van der Waals surface area contributed by atoms with E-state index in [1.807, 2.05) is 13.8 Å². The number of carbonyl (C=O) groups is 1. The number of hydrogen-bond acceptors (Lipinski definition) is 3. The molecule has 4 nitrogen and oxygen atoms in total. The Morgan fingerprint density at radius 2 is 2.00 bits per heavy atom. The zero-order valence-corrected chi connectivity index (χ0v) is 10.8. The maximum absolute atomic E-state index is 12.5. The minimum atomic E-state index is -4.41. The highest BCUT2D eigenvalue weighted by molar-refractivity contribution is 5.80. The van der Waals surface area contributed by atoms with E-state index in [-0.39, 0.29) is 18.3 Å². The first-order valence-electron chi connectivity index (χ1n) is 5.93. The predicted octanol–water partition coefficient (Wildman–Crippen LogP) is 2.38. The number of aromatic nitrogens is 1. The van der Waals surface area contributed by atoms with Crippen molar-refractivity contribution < 1.29 is 18.0 Å². The summed E-state index contributed by atoms with van der Waals surface area (Å²) in [7, 11) is 0. The van der Waals surface area contributed by atoms with Crippen molar-refractivity contribution in [1.29, 1.82) is 0 Å². The number of alkyl halides is 3. The standard InChI is InChI=1S/C12H16F3N3O/c1-3-18(4-2)11(19)8-17-10-7-9(5-6-16-10)12(13,14)15/h5-7H,3-4,8H2,1-2H3,(H,16,17). The van der Waals surface area contributed by atoms with Crippen LogP contribution in [0.4, 0.5) is 19.0 Å². The number of halogens is 3. The lowest BCUT2D eigenvalue weighted by Crippen LogP contribution is -2.35. The van der Waals surface area contributed by atoms with Crippen molar-refractivity contribution in [3.8, 4) is 0 Å². The van der Waals surface area contributed by atoms with Gasteiger partial charge in [0, 0.05) is 19.3 Å². The topological polar surface area (TPSA) is 45.2 Å². The number of rotatable bonds is 5. The normalized spacial score (nSPS) is 11.2. The number of nitrogens with zero attached hydrogens (tertiary/aromatic N) is 2. The molecule has 0 aliphatic carbocycles. The third-order valence-corrected chi connectivity index (χ3v) is 2.62. The predicted molar refractivity (Wildman–Crippen MR) is 65.7 cm³/mol. The molecule has 1 N–H and O–H groups in total. The quantitative estimate of drug-likeness (QED) is 0.897. The SMILES string of the molecule is CCN(CC)C(=O)CNc1cc(C(F)(F)F)ccn1. The van der Waals surface area contributed by atoms with E-state index in [4.69, 9.17) is 0 Å². The molecule has 1 heterocycles. The number of carbonyl (C=O) groups excluding carboxylic acids is 1. The van der Waals surface area contributed by atoms with Crippen LogP contribution in [0.3, 0.4) is 0 Å². The summed E-state index contributed by atoms with van der Waals surface area (Å²) in [6, 6.07) is 1.77. The Morgan fingerprint density at radius 3 is 2.53 bits per heavy atom.